The maximum Gasteiger partial charge on any atom is 0.225 e. The number of amides is 1. The maximum absolute atomic E-state index is 12.9. The molecule has 0 aromatic carbocycles. The van der Waals surface area contributed by atoms with Crippen molar-refractivity contribution in [1.82, 2.24) is 20.4 Å². The van der Waals surface area contributed by atoms with Gasteiger partial charge in [-0.3, -0.25) is 14.7 Å². The summed E-state index contributed by atoms with van der Waals surface area (Å²) in [5, 5.41) is 6.95. The minimum absolute atomic E-state index is 0. The summed E-state index contributed by atoms with van der Waals surface area (Å²) >= 11 is 0. The second-order valence-electron chi connectivity index (χ2n) is 8.72. The molecule has 1 aliphatic heterocycles. The summed E-state index contributed by atoms with van der Waals surface area (Å²) < 4.78 is 5.71. The Bertz CT molecular complexity index is 687. The molecule has 1 aromatic heterocycles. The first kappa shape index (κ1) is 27.0. The van der Waals surface area contributed by atoms with Crippen molar-refractivity contribution in [2.45, 2.75) is 71.4 Å². The SMILES string of the molecule is CCNC(=NCC(c1ccco1)N(CC)CC)NC1CCN(C(=O)C2CCCCC2)C1.I. The number of halogens is 1. The van der Waals surface area contributed by atoms with Crippen LogP contribution < -0.4 is 10.6 Å². The lowest BCUT2D eigenvalue weighted by Crippen LogP contribution is -2.46. The summed E-state index contributed by atoms with van der Waals surface area (Å²) in [6.45, 7) is 11.4. The molecule has 1 amide bonds. The molecule has 32 heavy (non-hydrogen) atoms. The van der Waals surface area contributed by atoms with Gasteiger partial charge in [0.05, 0.1) is 18.8 Å². The van der Waals surface area contributed by atoms with Crippen molar-refractivity contribution in [2.75, 3.05) is 39.3 Å². The van der Waals surface area contributed by atoms with E-state index in [0.29, 0.717) is 12.5 Å². The third-order valence-corrected chi connectivity index (χ3v) is 6.69. The zero-order valence-corrected chi connectivity index (χ0v) is 22.3. The third kappa shape index (κ3) is 7.37. The van der Waals surface area contributed by atoms with E-state index in [1.165, 1.54) is 19.3 Å². The summed E-state index contributed by atoms with van der Waals surface area (Å²) in [7, 11) is 0. The van der Waals surface area contributed by atoms with Gasteiger partial charge < -0.3 is 20.0 Å². The van der Waals surface area contributed by atoms with Crippen LogP contribution in [-0.2, 0) is 4.79 Å². The fourth-order valence-electron chi connectivity index (χ4n) is 4.91. The molecular weight excluding hydrogens is 517 g/mol. The topological polar surface area (TPSA) is 73.1 Å². The Morgan fingerprint density at radius 1 is 1.22 bits per heavy atom. The standard InChI is InChI=1S/C24H41N5O2.HI/c1-4-25-24(26-17-21(28(5-2)6-3)22-13-10-16-31-22)27-20-14-15-29(18-20)23(30)19-11-8-7-9-12-19;/h10,13,16,19-21H,4-9,11-12,14-15,17-18H2,1-3H3,(H2,25,26,27);1H. The molecule has 7 nitrogen and oxygen atoms in total. The Morgan fingerprint density at radius 2 is 1.97 bits per heavy atom. The van der Waals surface area contributed by atoms with E-state index in [1.807, 2.05) is 12.1 Å². The molecule has 0 radical (unpaired) electrons. The fourth-order valence-corrected chi connectivity index (χ4v) is 4.91. The van der Waals surface area contributed by atoms with Crippen LogP contribution in [0, 0.1) is 5.92 Å². The zero-order chi connectivity index (χ0) is 22.1. The molecule has 1 saturated heterocycles. The molecule has 0 bridgehead atoms. The van der Waals surface area contributed by atoms with E-state index in [4.69, 9.17) is 9.41 Å². The number of nitrogens with zero attached hydrogens (tertiary/aromatic N) is 3. The quantitative estimate of drug-likeness (QED) is 0.272. The minimum atomic E-state index is 0. The van der Waals surface area contributed by atoms with Gasteiger partial charge in [-0.2, -0.15) is 0 Å². The first-order valence-corrected chi connectivity index (χ1v) is 12.3. The molecule has 3 rings (SSSR count). The number of furan rings is 1. The van der Waals surface area contributed by atoms with Crippen LogP contribution in [0.4, 0.5) is 0 Å². The fraction of sp³-hybridized carbons (Fsp3) is 0.750. The lowest BCUT2D eigenvalue weighted by atomic mass is 9.88. The van der Waals surface area contributed by atoms with Crippen LogP contribution in [-0.4, -0.2) is 67.0 Å². The molecule has 2 heterocycles. The third-order valence-electron chi connectivity index (χ3n) is 6.69. The van der Waals surface area contributed by atoms with Crippen molar-refractivity contribution < 1.29 is 9.21 Å². The Labute approximate surface area is 210 Å². The van der Waals surface area contributed by atoms with Gasteiger partial charge in [0.15, 0.2) is 5.96 Å². The van der Waals surface area contributed by atoms with Crippen LogP contribution in [0.5, 0.6) is 0 Å². The van der Waals surface area contributed by atoms with Gasteiger partial charge >= 0.3 is 0 Å². The second-order valence-corrected chi connectivity index (χ2v) is 8.72. The van der Waals surface area contributed by atoms with Crippen LogP contribution >= 0.6 is 24.0 Å². The molecule has 2 N–H and O–H groups in total. The summed E-state index contributed by atoms with van der Waals surface area (Å²) in [4.78, 5) is 22.2. The molecule has 8 heteroatoms. The van der Waals surface area contributed by atoms with Crippen molar-refractivity contribution in [2.24, 2.45) is 10.9 Å². The zero-order valence-electron chi connectivity index (χ0n) is 20.0. The van der Waals surface area contributed by atoms with Gasteiger partial charge in [-0.25, -0.2) is 0 Å². The molecule has 182 valence electrons. The van der Waals surface area contributed by atoms with Gasteiger partial charge in [0.1, 0.15) is 5.76 Å². The van der Waals surface area contributed by atoms with Gasteiger partial charge in [-0.05, 0) is 51.4 Å². The number of hydrogen-bond acceptors (Lipinski definition) is 4. The van der Waals surface area contributed by atoms with E-state index in [0.717, 1.165) is 63.7 Å². The predicted octanol–water partition coefficient (Wildman–Crippen LogP) is 4.02. The molecule has 2 aliphatic rings. The van der Waals surface area contributed by atoms with Gasteiger partial charge in [-0.1, -0.05) is 33.1 Å². The van der Waals surface area contributed by atoms with Crippen molar-refractivity contribution in [3.8, 4) is 0 Å². The smallest absolute Gasteiger partial charge is 0.225 e. The average Bonchev–Trinajstić information content (AvgIpc) is 3.49. The van der Waals surface area contributed by atoms with Crippen molar-refractivity contribution >= 4 is 35.8 Å². The van der Waals surface area contributed by atoms with E-state index in [1.54, 1.807) is 6.26 Å². The largest absolute Gasteiger partial charge is 0.468 e. The lowest BCUT2D eigenvalue weighted by molar-refractivity contribution is -0.135. The molecule has 0 spiro atoms. The van der Waals surface area contributed by atoms with Gasteiger partial charge in [-0.15, -0.1) is 24.0 Å². The van der Waals surface area contributed by atoms with Gasteiger partial charge in [0.25, 0.3) is 0 Å². The Kier molecular flexibility index (Phi) is 11.9. The van der Waals surface area contributed by atoms with Gasteiger partial charge in [0.2, 0.25) is 5.91 Å². The molecule has 1 saturated carbocycles. The highest BCUT2D eigenvalue weighted by molar-refractivity contribution is 14.0. The first-order chi connectivity index (χ1) is 15.2. The van der Waals surface area contributed by atoms with E-state index in [2.05, 4.69) is 41.2 Å². The summed E-state index contributed by atoms with van der Waals surface area (Å²) in [6, 6.07) is 4.34. The summed E-state index contributed by atoms with van der Waals surface area (Å²) in [6.07, 6.45) is 8.52. The highest BCUT2D eigenvalue weighted by Gasteiger charge is 2.32. The van der Waals surface area contributed by atoms with Crippen molar-refractivity contribution in [1.29, 1.82) is 0 Å². The Balaban J connectivity index is 0.00000363. The van der Waals surface area contributed by atoms with Crippen molar-refractivity contribution in [3.63, 3.8) is 0 Å². The van der Waals surface area contributed by atoms with Crippen LogP contribution in [0.3, 0.4) is 0 Å². The highest BCUT2D eigenvalue weighted by atomic mass is 127. The van der Waals surface area contributed by atoms with Crippen LogP contribution in [0.2, 0.25) is 0 Å². The number of likely N-dealkylation sites (tertiary alicyclic amines) is 1. The number of rotatable bonds is 9. The van der Waals surface area contributed by atoms with Gasteiger partial charge in [0, 0.05) is 31.6 Å². The second kappa shape index (κ2) is 14.1. The first-order valence-electron chi connectivity index (χ1n) is 12.3. The van der Waals surface area contributed by atoms with Crippen molar-refractivity contribution in [3.05, 3.63) is 24.2 Å². The number of likely N-dealkylation sites (N-methyl/N-ethyl adjacent to an activating group) is 1. The minimum Gasteiger partial charge on any atom is -0.468 e. The summed E-state index contributed by atoms with van der Waals surface area (Å²) in [5.41, 5.74) is 0. The Hall–Kier alpha value is -1.29. The van der Waals surface area contributed by atoms with Crippen LogP contribution in [0.25, 0.3) is 0 Å². The van der Waals surface area contributed by atoms with E-state index in [-0.39, 0.29) is 42.0 Å². The average molecular weight is 560 g/mol. The maximum atomic E-state index is 12.9. The molecule has 2 atom stereocenters. The lowest BCUT2D eigenvalue weighted by Gasteiger charge is -2.27. The number of carbonyl (C=O) groups excluding carboxylic acids is 1. The summed E-state index contributed by atoms with van der Waals surface area (Å²) in [5.74, 6) is 2.39. The van der Waals surface area contributed by atoms with Crippen LogP contribution in [0.1, 0.15) is 71.1 Å². The molecule has 2 unspecified atom stereocenters. The normalized spacial score (nSPS) is 20.8. The Morgan fingerprint density at radius 3 is 2.59 bits per heavy atom. The number of aliphatic imine (C=N–C) groups is 1. The molecule has 1 aliphatic carbocycles. The molecular formula is C24H42IN5O2. The number of nitrogens with one attached hydrogen (secondary N) is 2. The van der Waals surface area contributed by atoms with E-state index in [9.17, 15) is 4.79 Å². The van der Waals surface area contributed by atoms with E-state index < -0.39 is 0 Å². The number of guanidine groups is 1. The number of hydrogen-bond donors (Lipinski definition) is 2. The van der Waals surface area contributed by atoms with Crippen LogP contribution in [0.15, 0.2) is 27.8 Å². The highest BCUT2D eigenvalue weighted by Crippen LogP contribution is 2.27. The van der Waals surface area contributed by atoms with E-state index >= 15 is 0 Å². The predicted molar refractivity (Wildman–Crippen MR) is 140 cm³/mol. The monoisotopic (exact) mass is 559 g/mol. The number of carbonyl (C=O) groups is 1. The molecule has 2 fully saturated rings. The molecule has 1 aromatic rings.